The van der Waals surface area contributed by atoms with Crippen molar-refractivity contribution < 1.29 is 4.79 Å². The van der Waals surface area contributed by atoms with E-state index in [1.807, 2.05) is 55.6 Å². The maximum atomic E-state index is 12.3. The number of benzene rings is 2. The van der Waals surface area contributed by atoms with Crippen LogP contribution in [0.15, 0.2) is 53.0 Å². The van der Waals surface area contributed by atoms with E-state index in [2.05, 4.69) is 21.2 Å². The van der Waals surface area contributed by atoms with Gasteiger partial charge in [-0.2, -0.15) is 0 Å². The number of rotatable bonds is 1. The average molecular weight is 317 g/mol. The van der Waals surface area contributed by atoms with Gasteiger partial charge in [0.2, 0.25) is 0 Å². The Hall–Kier alpha value is -1.81. The minimum absolute atomic E-state index is 0.0438. The van der Waals surface area contributed by atoms with Gasteiger partial charge >= 0.3 is 0 Å². The molecule has 2 aromatic carbocycles. The number of carbonyl (C=O) groups is 1. The zero-order valence-corrected chi connectivity index (χ0v) is 12.0. The highest BCUT2D eigenvalue weighted by Crippen LogP contribution is 2.32. The number of hydrogen-bond acceptors (Lipinski definition) is 2. The first-order chi connectivity index (χ1) is 9.16. The van der Waals surface area contributed by atoms with E-state index >= 15 is 0 Å². The maximum absolute atomic E-state index is 12.3. The Bertz CT molecular complexity index is 624. The summed E-state index contributed by atoms with van der Waals surface area (Å²) in [6.45, 7) is 0. The number of hydrogen-bond donors (Lipinski definition) is 1. The van der Waals surface area contributed by atoms with Crippen LogP contribution < -0.4 is 5.32 Å². The molecule has 1 aliphatic heterocycles. The van der Waals surface area contributed by atoms with Gasteiger partial charge in [0.05, 0.1) is 5.56 Å². The molecular formula is C15H13BrN2O. The number of nitrogens with one attached hydrogen (secondary N) is 1. The van der Waals surface area contributed by atoms with Crippen LogP contribution in [0.3, 0.4) is 0 Å². The Kier molecular flexibility index (Phi) is 3.03. The van der Waals surface area contributed by atoms with Crippen molar-refractivity contribution in [1.82, 2.24) is 4.90 Å². The third-order valence-corrected chi connectivity index (χ3v) is 3.87. The monoisotopic (exact) mass is 316 g/mol. The lowest BCUT2D eigenvalue weighted by atomic mass is 10.0. The van der Waals surface area contributed by atoms with Gasteiger partial charge in [0, 0.05) is 17.2 Å². The first-order valence-electron chi connectivity index (χ1n) is 6.05. The molecular weight excluding hydrogens is 304 g/mol. The van der Waals surface area contributed by atoms with Crippen molar-refractivity contribution in [1.29, 1.82) is 0 Å². The number of amides is 1. The lowest BCUT2D eigenvalue weighted by molar-refractivity contribution is 0.0735. The van der Waals surface area contributed by atoms with E-state index in [1.54, 1.807) is 4.90 Å². The molecule has 1 aliphatic rings. The van der Waals surface area contributed by atoms with Crippen molar-refractivity contribution in [3.8, 4) is 0 Å². The first kappa shape index (κ1) is 12.2. The van der Waals surface area contributed by atoms with Crippen LogP contribution in [-0.4, -0.2) is 17.9 Å². The van der Waals surface area contributed by atoms with Crippen LogP contribution in [0.5, 0.6) is 0 Å². The number of halogens is 1. The number of carbonyl (C=O) groups excluding carboxylic acids is 1. The number of anilines is 1. The Morgan fingerprint density at radius 3 is 2.53 bits per heavy atom. The third-order valence-electron chi connectivity index (χ3n) is 3.34. The highest BCUT2D eigenvalue weighted by Gasteiger charge is 2.29. The molecule has 3 nitrogen and oxygen atoms in total. The molecule has 1 unspecified atom stereocenters. The first-order valence-corrected chi connectivity index (χ1v) is 6.84. The van der Waals surface area contributed by atoms with Crippen LogP contribution in [0.4, 0.5) is 5.69 Å². The second-order valence-corrected chi connectivity index (χ2v) is 5.48. The van der Waals surface area contributed by atoms with Crippen LogP contribution in [0.1, 0.15) is 22.1 Å². The fourth-order valence-electron chi connectivity index (χ4n) is 2.30. The second-order valence-electron chi connectivity index (χ2n) is 4.56. The zero-order chi connectivity index (χ0) is 13.4. The van der Waals surface area contributed by atoms with Gasteiger partial charge in [-0.1, -0.05) is 40.2 Å². The lowest BCUT2D eigenvalue weighted by Gasteiger charge is -2.35. The summed E-state index contributed by atoms with van der Waals surface area (Å²) >= 11 is 3.42. The van der Waals surface area contributed by atoms with Crippen LogP contribution in [0.2, 0.25) is 0 Å². The molecule has 96 valence electrons. The van der Waals surface area contributed by atoms with Crippen molar-refractivity contribution >= 4 is 27.5 Å². The quantitative estimate of drug-likeness (QED) is 0.871. The predicted octanol–water partition coefficient (Wildman–Crippen LogP) is 3.65. The van der Waals surface area contributed by atoms with Gasteiger partial charge in [0.1, 0.15) is 6.17 Å². The van der Waals surface area contributed by atoms with E-state index < -0.39 is 0 Å². The van der Waals surface area contributed by atoms with Gasteiger partial charge in [0.25, 0.3) is 5.91 Å². The summed E-state index contributed by atoms with van der Waals surface area (Å²) in [6, 6.07) is 15.6. The van der Waals surface area contributed by atoms with E-state index in [1.165, 1.54) is 0 Å². The molecule has 0 saturated heterocycles. The summed E-state index contributed by atoms with van der Waals surface area (Å²) in [5.41, 5.74) is 2.67. The minimum Gasteiger partial charge on any atom is -0.361 e. The molecule has 0 aliphatic carbocycles. The molecule has 0 radical (unpaired) electrons. The molecule has 0 bridgehead atoms. The van der Waals surface area contributed by atoms with E-state index in [4.69, 9.17) is 0 Å². The summed E-state index contributed by atoms with van der Waals surface area (Å²) in [5.74, 6) is 0.0438. The summed E-state index contributed by atoms with van der Waals surface area (Å²) in [5, 5.41) is 3.40. The molecule has 2 aromatic rings. The Morgan fingerprint density at radius 1 is 1.11 bits per heavy atom. The number of fused-ring (bicyclic) bond motifs is 1. The fourth-order valence-corrected chi connectivity index (χ4v) is 2.56. The van der Waals surface area contributed by atoms with E-state index in [-0.39, 0.29) is 12.1 Å². The maximum Gasteiger partial charge on any atom is 0.257 e. The van der Waals surface area contributed by atoms with Crippen molar-refractivity contribution in [2.24, 2.45) is 0 Å². The van der Waals surface area contributed by atoms with Crippen molar-refractivity contribution in [2.45, 2.75) is 6.17 Å². The minimum atomic E-state index is -0.129. The normalized spacial score (nSPS) is 17.9. The smallest absolute Gasteiger partial charge is 0.257 e. The molecule has 19 heavy (non-hydrogen) atoms. The molecule has 1 heterocycles. The second kappa shape index (κ2) is 4.70. The largest absolute Gasteiger partial charge is 0.361 e. The van der Waals surface area contributed by atoms with Gasteiger partial charge in [-0.25, -0.2) is 0 Å². The molecule has 3 rings (SSSR count). The lowest BCUT2D eigenvalue weighted by Crippen LogP contribution is -2.40. The predicted molar refractivity (Wildman–Crippen MR) is 79.0 cm³/mol. The van der Waals surface area contributed by atoms with Crippen LogP contribution >= 0.6 is 15.9 Å². The number of nitrogens with zero attached hydrogens (tertiary/aromatic N) is 1. The number of para-hydroxylation sites is 1. The average Bonchev–Trinajstić information content (AvgIpc) is 2.44. The SMILES string of the molecule is CN1C(=O)c2ccccc2NC1c1ccc(Br)cc1. The highest BCUT2D eigenvalue weighted by molar-refractivity contribution is 9.10. The third kappa shape index (κ3) is 2.12. The molecule has 0 fully saturated rings. The summed E-state index contributed by atoms with van der Waals surface area (Å²) in [7, 11) is 1.82. The van der Waals surface area contributed by atoms with Gasteiger partial charge in [-0.05, 0) is 29.8 Å². The molecule has 0 saturated carbocycles. The topological polar surface area (TPSA) is 32.3 Å². The van der Waals surface area contributed by atoms with E-state index in [9.17, 15) is 4.79 Å². The van der Waals surface area contributed by atoms with Gasteiger partial charge in [-0.3, -0.25) is 4.79 Å². The molecule has 1 N–H and O–H groups in total. The molecule has 0 spiro atoms. The van der Waals surface area contributed by atoms with Crippen LogP contribution in [0, 0.1) is 0 Å². The standard InChI is InChI=1S/C15H13BrN2O/c1-18-14(10-6-8-11(16)9-7-10)17-13-5-3-2-4-12(13)15(18)19/h2-9,14,17H,1H3. The Labute approximate surface area is 120 Å². The Morgan fingerprint density at radius 2 is 1.79 bits per heavy atom. The Balaban J connectivity index is 2.01. The molecule has 4 heteroatoms. The zero-order valence-electron chi connectivity index (χ0n) is 10.4. The van der Waals surface area contributed by atoms with Gasteiger partial charge in [-0.15, -0.1) is 0 Å². The molecule has 1 amide bonds. The van der Waals surface area contributed by atoms with Crippen molar-refractivity contribution in [3.63, 3.8) is 0 Å². The summed E-state index contributed by atoms with van der Waals surface area (Å²) < 4.78 is 1.03. The van der Waals surface area contributed by atoms with E-state index in [0.717, 1.165) is 21.3 Å². The molecule has 1 atom stereocenters. The highest BCUT2D eigenvalue weighted by atomic mass is 79.9. The van der Waals surface area contributed by atoms with Gasteiger partial charge < -0.3 is 10.2 Å². The van der Waals surface area contributed by atoms with Gasteiger partial charge in [0.15, 0.2) is 0 Å². The summed E-state index contributed by atoms with van der Waals surface area (Å²) in [4.78, 5) is 14.1. The van der Waals surface area contributed by atoms with E-state index in [0.29, 0.717) is 0 Å². The summed E-state index contributed by atoms with van der Waals surface area (Å²) in [6.07, 6.45) is -0.129. The van der Waals surface area contributed by atoms with Crippen LogP contribution in [0.25, 0.3) is 0 Å². The molecule has 0 aromatic heterocycles. The van der Waals surface area contributed by atoms with Crippen molar-refractivity contribution in [3.05, 3.63) is 64.1 Å². The van der Waals surface area contributed by atoms with Crippen LogP contribution in [-0.2, 0) is 0 Å². The van der Waals surface area contributed by atoms with Crippen molar-refractivity contribution in [2.75, 3.05) is 12.4 Å². The fraction of sp³-hybridized carbons (Fsp3) is 0.133.